The molecule has 1 saturated heterocycles. The van der Waals surface area contributed by atoms with Gasteiger partial charge in [-0.1, -0.05) is 6.92 Å². The summed E-state index contributed by atoms with van der Waals surface area (Å²) >= 11 is 3.33. The number of nitrogens with zero attached hydrogens (tertiary/aromatic N) is 1. The van der Waals surface area contributed by atoms with E-state index in [4.69, 9.17) is 4.42 Å². The van der Waals surface area contributed by atoms with Gasteiger partial charge in [0.15, 0.2) is 0 Å². The fraction of sp³-hybridized carbons (Fsp3) is 0.615. The second-order valence-electron chi connectivity index (χ2n) is 4.64. The van der Waals surface area contributed by atoms with Crippen molar-refractivity contribution in [1.29, 1.82) is 0 Å². The van der Waals surface area contributed by atoms with Crippen LogP contribution in [0.15, 0.2) is 21.2 Å². The minimum absolute atomic E-state index is 0.00576. The van der Waals surface area contributed by atoms with Crippen LogP contribution >= 0.6 is 15.9 Å². The predicted molar refractivity (Wildman–Crippen MR) is 73.6 cm³/mol. The van der Waals surface area contributed by atoms with Crippen LogP contribution in [-0.2, 0) is 0 Å². The highest BCUT2D eigenvalue weighted by Crippen LogP contribution is 2.23. The molecule has 0 aromatic carbocycles. The van der Waals surface area contributed by atoms with Gasteiger partial charge in [0.1, 0.15) is 0 Å². The molecule has 0 bridgehead atoms. The predicted octanol–water partition coefficient (Wildman–Crippen LogP) is 2.50. The number of rotatable bonds is 4. The van der Waals surface area contributed by atoms with Crippen LogP contribution in [0.3, 0.4) is 0 Å². The zero-order chi connectivity index (χ0) is 13.0. The Morgan fingerprint density at radius 1 is 1.56 bits per heavy atom. The minimum atomic E-state index is -0.00576. The van der Waals surface area contributed by atoms with E-state index in [1.807, 2.05) is 4.90 Å². The first-order chi connectivity index (χ1) is 8.72. The standard InChI is InChI=1S/C13H19BrN2O2/c1-2-15-9-10-3-6-16(7-4-10)13(17)12-11(14)5-8-18-12/h5,8,10,15H,2-4,6-7,9H2,1H3. The molecule has 1 aromatic rings. The lowest BCUT2D eigenvalue weighted by atomic mass is 9.96. The first-order valence-electron chi connectivity index (χ1n) is 6.45. The Morgan fingerprint density at radius 3 is 2.83 bits per heavy atom. The number of likely N-dealkylation sites (tertiary alicyclic amines) is 1. The van der Waals surface area contributed by atoms with Gasteiger partial charge in [0.2, 0.25) is 5.76 Å². The van der Waals surface area contributed by atoms with E-state index in [1.165, 1.54) is 6.26 Å². The molecule has 0 aliphatic carbocycles. The Kier molecular flexibility index (Phi) is 4.83. The van der Waals surface area contributed by atoms with Crippen molar-refractivity contribution < 1.29 is 9.21 Å². The molecule has 1 aromatic heterocycles. The third kappa shape index (κ3) is 3.14. The van der Waals surface area contributed by atoms with Crippen molar-refractivity contribution in [3.05, 3.63) is 22.6 Å². The monoisotopic (exact) mass is 314 g/mol. The molecule has 4 nitrogen and oxygen atoms in total. The zero-order valence-corrected chi connectivity index (χ0v) is 12.2. The molecule has 1 N–H and O–H groups in total. The Morgan fingerprint density at radius 2 is 2.28 bits per heavy atom. The van der Waals surface area contributed by atoms with Crippen molar-refractivity contribution in [2.45, 2.75) is 19.8 Å². The fourth-order valence-corrected chi connectivity index (χ4v) is 2.65. The molecule has 0 saturated carbocycles. The van der Waals surface area contributed by atoms with Crippen LogP contribution in [0.2, 0.25) is 0 Å². The molecule has 0 unspecified atom stereocenters. The summed E-state index contributed by atoms with van der Waals surface area (Å²) in [5.74, 6) is 1.10. The topological polar surface area (TPSA) is 45.5 Å². The molecular formula is C13H19BrN2O2. The number of furan rings is 1. The highest BCUT2D eigenvalue weighted by molar-refractivity contribution is 9.10. The van der Waals surface area contributed by atoms with Gasteiger partial charge in [-0.25, -0.2) is 0 Å². The van der Waals surface area contributed by atoms with Crippen LogP contribution in [0.4, 0.5) is 0 Å². The van der Waals surface area contributed by atoms with Gasteiger partial charge in [-0.2, -0.15) is 0 Å². The highest BCUT2D eigenvalue weighted by atomic mass is 79.9. The van der Waals surface area contributed by atoms with Crippen LogP contribution in [-0.4, -0.2) is 37.0 Å². The lowest BCUT2D eigenvalue weighted by Gasteiger charge is -2.31. The van der Waals surface area contributed by atoms with E-state index >= 15 is 0 Å². The van der Waals surface area contributed by atoms with Crippen molar-refractivity contribution in [3.63, 3.8) is 0 Å². The lowest BCUT2D eigenvalue weighted by Crippen LogP contribution is -2.40. The first kappa shape index (κ1) is 13.6. The highest BCUT2D eigenvalue weighted by Gasteiger charge is 2.26. The summed E-state index contributed by atoms with van der Waals surface area (Å²) in [7, 11) is 0. The van der Waals surface area contributed by atoms with Crippen molar-refractivity contribution in [2.75, 3.05) is 26.2 Å². The molecule has 1 aliphatic rings. The van der Waals surface area contributed by atoms with Crippen LogP contribution in [0, 0.1) is 5.92 Å². The molecule has 1 aliphatic heterocycles. The van der Waals surface area contributed by atoms with Gasteiger partial charge in [-0.15, -0.1) is 0 Å². The van der Waals surface area contributed by atoms with Gasteiger partial charge in [-0.3, -0.25) is 4.79 Å². The molecule has 0 atom stereocenters. The van der Waals surface area contributed by atoms with E-state index in [-0.39, 0.29) is 5.91 Å². The fourth-order valence-electron chi connectivity index (χ4n) is 2.28. The van der Waals surface area contributed by atoms with Crippen LogP contribution in [0.25, 0.3) is 0 Å². The van der Waals surface area contributed by atoms with Gasteiger partial charge in [-0.05, 0) is 53.8 Å². The van der Waals surface area contributed by atoms with E-state index in [1.54, 1.807) is 6.07 Å². The Hall–Kier alpha value is -0.810. The quantitative estimate of drug-likeness (QED) is 0.928. The third-order valence-corrected chi connectivity index (χ3v) is 4.02. The third-order valence-electron chi connectivity index (χ3n) is 3.40. The molecule has 1 fully saturated rings. The van der Waals surface area contributed by atoms with Crippen LogP contribution in [0.1, 0.15) is 30.3 Å². The normalized spacial score (nSPS) is 17.1. The van der Waals surface area contributed by atoms with Crippen molar-refractivity contribution in [2.24, 2.45) is 5.92 Å². The number of hydrogen-bond acceptors (Lipinski definition) is 3. The maximum atomic E-state index is 12.2. The maximum Gasteiger partial charge on any atom is 0.290 e. The summed E-state index contributed by atoms with van der Waals surface area (Å²) in [5.41, 5.74) is 0. The molecule has 100 valence electrons. The minimum Gasteiger partial charge on any atom is -0.458 e. The average Bonchev–Trinajstić information content (AvgIpc) is 2.82. The van der Waals surface area contributed by atoms with Crippen molar-refractivity contribution in [1.82, 2.24) is 10.2 Å². The van der Waals surface area contributed by atoms with Gasteiger partial charge in [0, 0.05) is 13.1 Å². The van der Waals surface area contributed by atoms with Gasteiger partial charge < -0.3 is 14.6 Å². The summed E-state index contributed by atoms with van der Waals surface area (Å²) in [4.78, 5) is 14.1. The number of amides is 1. The molecule has 0 radical (unpaired) electrons. The molecule has 1 amide bonds. The van der Waals surface area contributed by atoms with Crippen molar-refractivity contribution in [3.8, 4) is 0 Å². The molecule has 2 rings (SSSR count). The maximum absolute atomic E-state index is 12.2. The second-order valence-corrected chi connectivity index (χ2v) is 5.50. The lowest BCUT2D eigenvalue weighted by molar-refractivity contribution is 0.0657. The number of hydrogen-bond donors (Lipinski definition) is 1. The number of carbonyl (C=O) groups excluding carboxylic acids is 1. The van der Waals surface area contributed by atoms with E-state index in [2.05, 4.69) is 28.2 Å². The Labute approximate surface area is 116 Å². The Balaban J connectivity index is 1.86. The van der Waals surface area contributed by atoms with Crippen LogP contribution in [0.5, 0.6) is 0 Å². The first-order valence-corrected chi connectivity index (χ1v) is 7.24. The number of halogens is 1. The van der Waals surface area contributed by atoms with E-state index in [0.29, 0.717) is 11.7 Å². The summed E-state index contributed by atoms with van der Waals surface area (Å²) < 4.78 is 5.96. The van der Waals surface area contributed by atoms with Crippen LogP contribution < -0.4 is 5.32 Å². The summed E-state index contributed by atoms with van der Waals surface area (Å²) in [6.07, 6.45) is 3.67. The summed E-state index contributed by atoms with van der Waals surface area (Å²) in [6, 6.07) is 1.76. The number of nitrogens with one attached hydrogen (secondary N) is 1. The van der Waals surface area contributed by atoms with Gasteiger partial charge >= 0.3 is 0 Å². The van der Waals surface area contributed by atoms with E-state index < -0.39 is 0 Å². The second kappa shape index (κ2) is 6.38. The summed E-state index contributed by atoms with van der Waals surface area (Å²) in [5, 5.41) is 3.37. The molecule has 18 heavy (non-hydrogen) atoms. The molecular weight excluding hydrogens is 296 g/mol. The summed E-state index contributed by atoms with van der Waals surface area (Å²) in [6.45, 7) is 5.83. The molecule has 5 heteroatoms. The van der Waals surface area contributed by atoms with Gasteiger partial charge in [0.05, 0.1) is 10.7 Å². The van der Waals surface area contributed by atoms with E-state index in [0.717, 1.165) is 43.5 Å². The van der Waals surface area contributed by atoms with Gasteiger partial charge in [0.25, 0.3) is 5.91 Å². The Bertz CT molecular complexity index is 397. The van der Waals surface area contributed by atoms with E-state index in [9.17, 15) is 4.79 Å². The smallest absolute Gasteiger partial charge is 0.290 e. The molecule has 2 heterocycles. The largest absolute Gasteiger partial charge is 0.458 e. The number of carbonyl (C=O) groups is 1. The average molecular weight is 315 g/mol. The number of piperidine rings is 1. The van der Waals surface area contributed by atoms with Crippen molar-refractivity contribution >= 4 is 21.8 Å². The SMILES string of the molecule is CCNCC1CCN(C(=O)c2occc2Br)CC1. The zero-order valence-electron chi connectivity index (χ0n) is 10.6. The molecule has 0 spiro atoms.